The fraction of sp³-hybridized carbons (Fsp3) is 0.250. The SMILES string of the molecule is COCc1ccccc1-n1ccc(CN)n1. The molecule has 16 heavy (non-hydrogen) atoms. The van der Waals surface area contributed by atoms with Crippen LogP contribution in [0.3, 0.4) is 0 Å². The minimum atomic E-state index is 0.458. The van der Waals surface area contributed by atoms with Gasteiger partial charge in [0.05, 0.1) is 18.0 Å². The number of para-hydroxylation sites is 1. The molecule has 0 saturated heterocycles. The van der Waals surface area contributed by atoms with Crippen LogP contribution in [0.15, 0.2) is 36.5 Å². The largest absolute Gasteiger partial charge is 0.380 e. The van der Waals surface area contributed by atoms with Crippen LogP contribution in [0.5, 0.6) is 0 Å². The summed E-state index contributed by atoms with van der Waals surface area (Å²) in [4.78, 5) is 0. The van der Waals surface area contributed by atoms with E-state index in [1.165, 1.54) is 0 Å². The van der Waals surface area contributed by atoms with Crippen LogP contribution < -0.4 is 5.73 Å². The second-order valence-electron chi connectivity index (χ2n) is 3.52. The first-order chi connectivity index (χ1) is 7.85. The molecular formula is C12H15N3O. The maximum absolute atomic E-state index is 5.54. The maximum atomic E-state index is 5.54. The van der Waals surface area contributed by atoms with Crippen LogP contribution in [-0.2, 0) is 17.9 Å². The Kier molecular flexibility index (Phi) is 3.34. The zero-order valence-corrected chi connectivity index (χ0v) is 9.26. The Morgan fingerprint density at radius 3 is 2.81 bits per heavy atom. The number of nitrogens with zero attached hydrogens (tertiary/aromatic N) is 2. The maximum Gasteiger partial charge on any atom is 0.0764 e. The molecule has 0 aliphatic rings. The number of rotatable bonds is 4. The molecule has 0 saturated carbocycles. The van der Waals surface area contributed by atoms with Crippen LogP contribution in [0, 0.1) is 0 Å². The van der Waals surface area contributed by atoms with Crippen molar-refractivity contribution >= 4 is 0 Å². The highest BCUT2D eigenvalue weighted by molar-refractivity contribution is 5.40. The Labute approximate surface area is 94.6 Å². The molecule has 1 aromatic carbocycles. The van der Waals surface area contributed by atoms with Gasteiger partial charge in [-0.3, -0.25) is 0 Å². The third-order valence-electron chi connectivity index (χ3n) is 2.39. The topological polar surface area (TPSA) is 53.1 Å². The lowest BCUT2D eigenvalue weighted by atomic mass is 10.2. The molecule has 1 heterocycles. The van der Waals surface area contributed by atoms with Gasteiger partial charge < -0.3 is 10.5 Å². The lowest BCUT2D eigenvalue weighted by molar-refractivity contribution is 0.184. The van der Waals surface area contributed by atoms with Crippen LogP contribution in [-0.4, -0.2) is 16.9 Å². The van der Waals surface area contributed by atoms with Gasteiger partial charge in [0.25, 0.3) is 0 Å². The predicted octanol–water partition coefficient (Wildman–Crippen LogP) is 1.48. The van der Waals surface area contributed by atoms with Gasteiger partial charge in [-0.2, -0.15) is 5.10 Å². The normalized spacial score (nSPS) is 10.6. The third-order valence-corrected chi connectivity index (χ3v) is 2.39. The number of hydrogen-bond donors (Lipinski definition) is 1. The first-order valence-corrected chi connectivity index (χ1v) is 5.17. The van der Waals surface area contributed by atoms with Gasteiger partial charge in [-0.25, -0.2) is 4.68 Å². The highest BCUT2D eigenvalue weighted by atomic mass is 16.5. The molecule has 2 N–H and O–H groups in total. The molecule has 1 aromatic heterocycles. The number of methoxy groups -OCH3 is 1. The molecule has 84 valence electrons. The van der Waals surface area contributed by atoms with Gasteiger partial charge in [-0.05, 0) is 12.1 Å². The van der Waals surface area contributed by atoms with Crippen molar-refractivity contribution in [1.29, 1.82) is 0 Å². The summed E-state index contributed by atoms with van der Waals surface area (Å²) in [6.07, 6.45) is 1.91. The summed E-state index contributed by atoms with van der Waals surface area (Å²) < 4.78 is 6.99. The van der Waals surface area contributed by atoms with E-state index >= 15 is 0 Å². The van der Waals surface area contributed by atoms with Crippen LogP contribution in [0.25, 0.3) is 5.69 Å². The average Bonchev–Trinajstić information content (AvgIpc) is 2.79. The first kappa shape index (κ1) is 10.9. The van der Waals surface area contributed by atoms with Gasteiger partial charge in [-0.15, -0.1) is 0 Å². The summed E-state index contributed by atoms with van der Waals surface area (Å²) in [7, 11) is 1.69. The van der Waals surface area contributed by atoms with Crippen molar-refractivity contribution < 1.29 is 4.74 Å². The summed E-state index contributed by atoms with van der Waals surface area (Å²) in [5.74, 6) is 0. The number of nitrogens with two attached hydrogens (primary N) is 1. The van der Waals surface area contributed by atoms with E-state index in [9.17, 15) is 0 Å². The van der Waals surface area contributed by atoms with Crippen molar-refractivity contribution in [3.05, 3.63) is 47.8 Å². The molecular weight excluding hydrogens is 202 g/mol. The monoisotopic (exact) mass is 217 g/mol. The van der Waals surface area contributed by atoms with Gasteiger partial charge >= 0.3 is 0 Å². The van der Waals surface area contributed by atoms with E-state index in [2.05, 4.69) is 5.10 Å². The van der Waals surface area contributed by atoms with Crippen molar-refractivity contribution in [2.24, 2.45) is 5.73 Å². The smallest absolute Gasteiger partial charge is 0.0764 e. The fourth-order valence-electron chi connectivity index (χ4n) is 1.62. The number of benzene rings is 1. The Morgan fingerprint density at radius 1 is 1.31 bits per heavy atom. The van der Waals surface area contributed by atoms with Crippen molar-refractivity contribution in [1.82, 2.24) is 9.78 Å². The van der Waals surface area contributed by atoms with E-state index in [4.69, 9.17) is 10.5 Å². The summed E-state index contributed by atoms with van der Waals surface area (Å²) in [6, 6.07) is 9.94. The Bertz CT molecular complexity index is 465. The average molecular weight is 217 g/mol. The van der Waals surface area contributed by atoms with Crippen LogP contribution in [0.1, 0.15) is 11.3 Å². The molecule has 4 heteroatoms. The standard InChI is InChI=1S/C12H15N3O/c1-16-9-10-4-2-3-5-12(10)15-7-6-11(8-13)14-15/h2-7H,8-9,13H2,1H3. The number of aromatic nitrogens is 2. The molecule has 0 unspecified atom stereocenters. The highest BCUT2D eigenvalue weighted by Crippen LogP contribution is 2.14. The van der Waals surface area contributed by atoms with Crippen LogP contribution in [0.4, 0.5) is 0 Å². The van der Waals surface area contributed by atoms with Crippen LogP contribution >= 0.6 is 0 Å². The quantitative estimate of drug-likeness (QED) is 0.844. The molecule has 0 spiro atoms. The minimum Gasteiger partial charge on any atom is -0.380 e. The van der Waals surface area contributed by atoms with E-state index in [0.29, 0.717) is 13.2 Å². The lowest BCUT2D eigenvalue weighted by Gasteiger charge is -2.08. The van der Waals surface area contributed by atoms with E-state index in [0.717, 1.165) is 16.9 Å². The van der Waals surface area contributed by atoms with Crippen molar-refractivity contribution in [3.8, 4) is 5.69 Å². The molecule has 2 aromatic rings. The molecule has 4 nitrogen and oxygen atoms in total. The minimum absolute atomic E-state index is 0.458. The van der Waals surface area contributed by atoms with Gasteiger partial charge in [-0.1, -0.05) is 18.2 Å². The molecule has 0 amide bonds. The molecule has 0 aliphatic heterocycles. The lowest BCUT2D eigenvalue weighted by Crippen LogP contribution is -2.03. The Hall–Kier alpha value is -1.65. The van der Waals surface area contributed by atoms with Crippen LogP contribution in [0.2, 0.25) is 0 Å². The fourth-order valence-corrected chi connectivity index (χ4v) is 1.62. The molecule has 0 fully saturated rings. The molecule has 0 aliphatic carbocycles. The second kappa shape index (κ2) is 4.92. The van der Waals surface area contributed by atoms with E-state index in [1.807, 2.05) is 41.2 Å². The van der Waals surface area contributed by atoms with Gasteiger partial charge in [0.15, 0.2) is 0 Å². The molecule has 0 atom stereocenters. The first-order valence-electron chi connectivity index (χ1n) is 5.17. The van der Waals surface area contributed by atoms with Crippen molar-refractivity contribution in [2.75, 3.05) is 7.11 Å². The summed E-state index contributed by atoms with van der Waals surface area (Å²) >= 11 is 0. The van der Waals surface area contributed by atoms with Gasteiger partial charge in [0.2, 0.25) is 0 Å². The zero-order valence-electron chi connectivity index (χ0n) is 9.26. The molecule has 0 radical (unpaired) electrons. The highest BCUT2D eigenvalue weighted by Gasteiger charge is 2.04. The summed E-state index contributed by atoms with van der Waals surface area (Å²) in [5, 5.41) is 4.38. The second-order valence-corrected chi connectivity index (χ2v) is 3.52. The third kappa shape index (κ3) is 2.13. The van der Waals surface area contributed by atoms with Crippen molar-refractivity contribution in [2.45, 2.75) is 13.2 Å². The predicted molar refractivity (Wildman–Crippen MR) is 62.2 cm³/mol. The van der Waals surface area contributed by atoms with E-state index < -0.39 is 0 Å². The Morgan fingerprint density at radius 2 is 2.12 bits per heavy atom. The number of hydrogen-bond acceptors (Lipinski definition) is 3. The van der Waals surface area contributed by atoms with Gasteiger partial charge in [0.1, 0.15) is 0 Å². The van der Waals surface area contributed by atoms with E-state index in [1.54, 1.807) is 7.11 Å². The van der Waals surface area contributed by atoms with E-state index in [-0.39, 0.29) is 0 Å². The number of ether oxygens (including phenoxy) is 1. The zero-order chi connectivity index (χ0) is 11.4. The summed E-state index contributed by atoms with van der Waals surface area (Å²) in [6.45, 7) is 1.04. The summed E-state index contributed by atoms with van der Waals surface area (Å²) in [5.41, 5.74) is 8.56. The molecule has 0 bridgehead atoms. The Balaban J connectivity index is 2.38. The van der Waals surface area contributed by atoms with Gasteiger partial charge in [0, 0.05) is 25.4 Å². The molecule has 2 rings (SSSR count). The van der Waals surface area contributed by atoms with Crippen molar-refractivity contribution in [3.63, 3.8) is 0 Å².